The molecule has 1 unspecified atom stereocenters. The lowest BCUT2D eigenvalue weighted by molar-refractivity contribution is -0.113. The van der Waals surface area contributed by atoms with E-state index < -0.39 is 0 Å². The number of hydrogen-bond donors (Lipinski definition) is 0. The van der Waals surface area contributed by atoms with Crippen LogP contribution >= 0.6 is 0 Å². The topological polar surface area (TPSA) is 26.3 Å². The maximum Gasteiger partial charge on any atom is 0.125 e. The Bertz CT molecular complexity index is 165. The van der Waals surface area contributed by atoms with Crippen molar-refractivity contribution in [2.45, 2.75) is 25.9 Å². The summed E-state index contributed by atoms with van der Waals surface area (Å²) < 4.78 is 5.50. The molecule has 0 amide bonds. The van der Waals surface area contributed by atoms with Crippen molar-refractivity contribution in [2.75, 3.05) is 6.61 Å². The summed E-state index contributed by atoms with van der Waals surface area (Å²) in [4.78, 5) is 10.6. The van der Waals surface area contributed by atoms with E-state index in [1.54, 1.807) is 0 Å². The molecule has 0 spiro atoms. The van der Waals surface area contributed by atoms with Crippen LogP contribution in [0.1, 0.15) is 19.8 Å². The minimum absolute atomic E-state index is 0.0880. The molecular weight excluding hydrogens is 152 g/mol. The second-order valence-corrected chi connectivity index (χ2v) is 3.23. The van der Waals surface area contributed by atoms with Gasteiger partial charge in [-0.1, -0.05) is 13.0 Å². The maximum atomic E-state index is 10.6. The fourth-order valence-electron chi connectivity index (χ4n) is 1.75. The highest BCUT2D eigenvalue weighted by molar-refractivity contribution is 5.55. The first-order chi connectivity index (χ1) is 5.83. The highest BCUT2D eigenvalue weighted by atomic mass is 16.5. The average molecular weight is 168 g/mol. The summed E-state index contributed by atoms with van der Waals surface area (Å²) in [6.07, 6.45) is 4.87. The van der Waals surface area contributed by atoms with Gasteiger partial charge in [-0.15, -0.1) is 6.58 Å². The zero-order chi connectivity index (χ0) is 8.97. The molecule has 1 saturated heterocycles. The summed E-state index contributed by atoms with van der Waals surface area (Å²) >= 11 is 0. The van der Waals surface area contributed by atoms with E-state index in [0.29, 0.717) is 5.92 Å². The van der Waals surface area contributed by atoms with Crippen LogP contribution in [0.25, 0.3) is 0 Å². The number of carbonyl (C=O) groups is 1. The molecule has 12 heavy (non-hydrogen) atoms. The summed E-state index contributed by atoms with van der Waals surface area (Å²) in [5, 5.41) is 0. The molecule has 0 radical (unpaired) electrons. The number of hydrogen-bond acceptors (Lipinski definition) is 2. The van der Waals surface area contributed by atoms with Crippen LogP contribution in [0.3, 0.4) is 0 Å². The maximum absolute atomic E-state index is 10.6. The van der Waals surface area contributed by atoms with Gasteiger partial charge in [0.1, 0.15) is 6.29 Å². The number of carbonyl (C=O) groups excluding carboxylic acids is 1. The molecule has 2 nitrogen and oxygen atoms in total. The third-order valence-electron chi connectivity index (χ3n) is 2.55. The molecule has 0 bridgehead atoms. The predicted molar refractivity (Wildman–Crippen MR) is 47.9 cm³/mol. The Kier molecular flexibility index (Phi) is 3.48. The molecule has 1 aliphatic rings. The van der Waals surface area contributed by atoms with E-state index in [4.69, 9.17) is 4.74 Å². The molecule has 2 heteroatoms. The van der Waals surface area contributed by atoms with E-state index in [1.165, 1.54) is 0 Å². The van der Waals surface area contributed by atoms with Crippen molar-refractivity contribution in [3.8, 4) is 0 Å². The van der Waals surface area contributed by atoms with E-state index >= 15 is 0 Å². The van der Waals surface area contributed by atoms with Crippen molar-refractivity contribution in [1.29, 1.82) is 0 Å². The van der Waals surface area contributed by atoms with Gasteiger partial charge in [-0.3, -0.25) is 0 Å². The standard InChI is InChI=1S/C10H16O2/c1-3-8(4-2)10-9(7-11)5-6-12-10/h3,7-10H,1,4-6H2,2H3/t8?,9-,10-/m0/s1. The van der Waals surface area contributed by atoms with Crippen LogP contribution in [0.15, 0.2) is 12.7 Å². The molecule has 1 heterocycles. The summed E-state index contributed by atoms with van der Waals surface area (Å²) in [5.41, 5.74) is 0. The Labute approximate surface area is 73.6 Å². The molecular formula is C10H16O2. The van der Waals surface area contributed by atoms with Gasteiger partial charge in [0.25, 0.3) is 0 Å². The zero-order valence-corrected chi connectivity index (χ0v) is 7.53. The molecule has 1 fully saturated rings. The van der Waals surface area contributed by atoms with Gasteiger partial charge in [0.05, 0.1) is 6.10 Å². The molecule has 1 aliphatic heterocycles. The van der Waals surface area contributed by atoms with Gasteiger partial charge >= 0.3 is 0 Å². The summed E-state index contributed by atoms with van der Waals surface area (Å²) in [6, 6.07) is 0. The quantitative estimate of drug-likeness (QED) is 0.472. The van der Waals surface area contributed by atoms with Crippen LogP contribution in [-0.4, -0.2) is 19.0 Å². The van der Waals surface area contributed by atoms with Crippen molar-refractivity contribution in [1.82, 2.24) is 0 Å². The van der Waals surface area contributed by atoms with Gasteiger partial charge in [0.2, 0.25) is 0 Å². The van der Waals surface area contributed by atoms with Gasteiger partial charge in [-0.05, 0) is 12.8 Å². The van der Waals surface area contributed by atoms with Crippen molar-refractivity contribution in [3.05, 3.63) is 12.7 Å². The highest BCUT2D eigenvalue weighted by Crippen LogP contribution is 2.27. The van der Waals surface area contributed by atoms with Gasteiger partial charge in [0, 0.05) is 18.4 Å². The molecule has 0 aromatic heterocycles. The van der Waals surface area contributed by atoms with E-state index in [1.807, 2.05) is 6.08 Å². The monoisotopic (exact) mass is 168 g/mol. The van der Waals surface area contributed by atoms with E-state index in [2.05, 4.69) is 13.5 Å². The van der Waals surface area contributed by atoms with Crippen LogP contribution in [0.5, 0.6) is 0 Å². The molecule has 0 aromatic carbocycles. The Morgan fingerprint density at radius 2 is 2.50 bits per heavy atom. The van der Waals surface area contributed by atoms with Crippen molar-refractivity contribution in [2.24, 2.45) is 11.8 Å². The van der Waals surface area contributed by atoms with Crippen LogP contribution in [-0.2, 0) is 9.53 Å². The van der Waals surface area contributed by atoms with E-state index in [0.717, 1.165) is 25.7 Å². The molecule has 1 rings (SSSR count). The largest absolute Gasteiger partial charge is 0.377 e. The molecule has 3 atom stereocenters. The third kappa shape index (κ3) is 1.75. The second kappa shape index (κ2) is 4.41. The smallest absolute Gasteiger partial charge is 0.125 e. The van der Waals surface area contributed by atoms with Crippen LogP contribution in [0.2, 0.25) is 0 Å². The van der Waals surface area contributed by atoms with Gasteiger partial charge in [-0.25, -0.2) is 0 Å². The number of rotatable bonds is 4. The van der Waals surface area contributed by atoms with E-state index in [-0.39, 0.29) is 12.0 Å². The Morgan fingerprint density at radius 1 is 1.75 bits per heavy atom. The predicted octanol–water partition coefficient (Wildman–Crippen LogP) is 1.80. The lowest BCUT2D eigenvalue weighted by atomic mass is 9.90. The van der Waals surface area contributed by atoms with Crippen molar-refractivity contribution < 1.29 is 9.53 Å². The van der Waals surface area contributed by atoms with E-state index in [9.17, 15) is 4.79 Å². The van der Waals surface area contributed by atoms with Gasteiger partial charge in [-0.2, -0.15) is 0 Å². The van der Waals surface area contributed by atoms with Crippen LogP contribution in [0, 0.1) is 11.8 Å². The van der Waals surface area contributed by atoms with Gasteiger partial charge in [0.15, 0.2) is 0 Å². The first-order valence-electron chi connectivity index (χ1n) is 4.53. The molecule has 0 aliphatic carbocycles. The molecule has 0 saturated carbocycles. The number of ether oxygens (including phenoxy) is 1. The Hall–Kier alpha value is -0.630. The molecule has 0 aromatic rings. The Morgan fingerprint density at radius 3 is 3.00 bits per heavy atom. The fraction of sp³-hybridized carbons (Fsp3) is 0.700. The summed E-state index contributed by atoms with van der Waals surface area (Å²) in [5.74, 6) is 0.427. The Balaban J connectivity index is 2.58. The van der Waals surface area contributed by atoms with Crippen LogP contribution < -0.4 is 0 Å². The first-order valence-corrected chi connectivity index (χ1v) is 4.53. The average Bonchev–Trinajstić information content (AvgIpc) is 2.55. The SMILES string of the molecule is C=CC(CC)[C@@H]1OCC[C@H]1C=O. The minimum Gasteiger partial charge on any atom is -0.377 e. The molecule has 68 valence electrons. The normalized spacial score (nSPS) is 31.4. The summed E-state index contributed by atoms with van der Waals surface area (Å²) in [7, 11) is 0. The molecule has 0 N–H and O–H groups in total. The minimum atomic E-state index is 0.0880. The van der Waals surface area contributed by atoms with Gasteiger partial charge < -0.3 is 9.53 Å². The number of aldehydes is 1. The van der Waals surface area contributed by atoms with Crippen LogP contribution in [0.4, 0.5) is 0 Å². The first kappa shape index (κ1) is 9.46. The third-order valence-corrected chi connectivity index (χ3v) is 2.55. The lowest BCUT2D eigenvalue weighted by Gasteiger charge is -2.20. The highest BCUT2D eigenvalue weighted by Gasteiger charge is 2.32. The zero-order valence-electron chi connectivity index (χ0n) is 7.53. The summed E-state index contributed by atoms with van der Waals surface area (Å²) in [6.45, 7) is 6.56. The van der Waals surface area contributed by atoms with Crippen molar-refractivity contribution >= 4 is 6.29 Å². The fourth-order valence-corrected chi connectivity index (χ4v) is 1.75. The van der Waals surface area contributed by atoms with Crippen molar-refractivity contribution in [3.63, 3.8) is 0 Å². The lowest BCUT2D eigenvalue weighted by Crippen LogP contribution is -2.25. The second-order valence-electron chi connectivity index (χ2n) is 3.23.